The van der Waals surface area contributed by atoms with Crippen molar-refractivity contribution in [2.75, 3.05) is 7.11 Å². The Morgan fingerprint density at radius 3 is 2.50 bits per heavy atom. The van der Waals surface area contributed by atoms with Crippen LogP contribution in [0.1, 0.15) is 44.3 Å². The van der Waals surface area contributed by atoms with Crippen LogP contribution in [0.3, 0.4) is 0 Å². The molecule has 1 aromatic carbocycles. The molecule has 2 heterocycles. The van der Waals surface area contributed by atoms with Gasteiger partial charge in [-0.25, -0.2) is 0 Å². The fraction of sp³-hybridized carbons (Fsp3) is 0.550. The zero-order valence-electron chi connectivity index (χ0n) is 14.9. The topological polar surface area (TPSA) is 52.3 Å². The van der Waals surface area contributed by atoms with Gasteiger partial charge in [0.2, 0.25) is 4.96 Å². The van der Waals surface area contributed by atoms with Crippen LogP contribution in [-0.2, 0) is 5.41 Å². The first kappa shape index (κ1) is 15.1. The van der Waals surface area contributed by atoms with Crippen molar-refractivity contribution in [2.45, 2.75) is 43.9 Å². The Bertz CT molecular complexity index is 955. The molecular formula is C20H22N4OS. The minimum Gasteiger partial charge on any atom is -0.497 e. The molecule has 7 rings (SSSR count). The smallest absolute Gasteiger partial charge is 0.235 e. The molecule has 4 bridgehead atoms. The predicted molar refractivity (Wildman–Crippen MR) is 100 cm³/mol. The van der Waals surface area contributed by atoms with E-state index in [1.54, 1.807) is 18.4 Å². The van der Waals surface area contributed by atoms with Gasteiger partial charge in [-0.1, -0.05) is 23.5 Å². The van der Waals surface area contributed by atoms with Crippen molar-refractivity contribution in [3.8, 4) is 16.3 Å². The average molecular weight is 366 g/mol. The summed E-state index contributed by atoms with van der Waals surface area (Å²) in [6, 6.07) is 8.09. The number of nitrogens with zero attached hydrogens (tertiary/aromatic N) is 4. The van der Waals surface area contributed by atoms with Gasteiger partial charge in [-0.3, -0.25) is 0 Å². The van der Waals surface area contributed by atoms with Crippen LogP contribution in [0, 0.1) is 17.8 Å². The van der Waals surface area contributed by atoms with E-state index in [2.05, 4.69) is 16.3 Å². The highest BCUT2D eigenvalue weighted by molar-refractivity contribution is 7.19. The maximum absolute atomic E-state index is 5.36. The number of methoxy groups -OCH3 is 1. The number of ether oxygens (including phenoxy) is 1. The fourth-order valence-electron chi connectivity index (χ4n) is 6.20. The van der Waals surface area contributed by atoms with Crippen LogP contribution in [0.25, 0.3) is 15.5 Å². The third-order valence-electron chi connectivity index (χ3n) is 6.82. The van der Waals surface area contributed by atoms with E-state index in [9.17, 15) is 0 Å². The second kappa shape index (κ2) is 5.28. The Labute approximate surface area is 156 Å². The van der Waals surface area contributed by atoms with Crippen molar-refractivity contribution >= 4 is 16.3 Å². The summed E-state index contributed by atoms with van der Waals surface area (Å²) in [5.41, 5.74) is 1.30. The van der Waals surface area contributed by atoms with Crippen molar-refractivity contribution in [3.05, 3.63) is 30.1 Å². The number of hydrogen-bond donors (Lipinski definition) is 0. The lowest BCUT2D eigenvalue weighted by Crippen LogP contribution is -2.49. The lowest BCUT2D eigenvalue weighted by atomic mass is 9.49. The van der Waals surface area contributed by atoms with E-state index < -0.39 is 0 Å². The number of aromatic nitrogens is 4. The molecule has 0 N–H and O–H groups in total. The second-order valence-electron chi connectivity index (χ2n) is 8.56. The van der Waals surface area contributed by atoms with Crippen LogP contribution in [0.5, 0.6) is 5.75 Å². The molecule has 4 aliphatic carbocycles. The Kier molecular flexibility index (Phi) is 3.08. The zero-order valence-corrected chi connectivity index (χ0v) is 15.7. The summed E-state index contributed by atoms with van der Waals surface area (Å²) in [7, 11) is 1.70. The monoisotopic (exact) mass is 366 g/mol. The van der Waals surface area contributed by atoms with E-state index in [1.165, 1.54) is 38.5 Å². The molecule has 3 aromatic rings. The van der Waals surface area contributed by atoms with Crippen LogP contribution in [0.4, 0.5) is 0 Å². The second-order valence-corrected chi connectivity index (χ2v) is 9.51. The van der Waals surface area contributed by atoms with E-state index in [1.807, 2.05) is 22.7 Å². The normalized spacial score (nSPS) is 32.4. The van der Waals surface area contributed by atoms with Gasteiger partial charge in [-0.2, -0.15) is 9.61 Å². The van der Waals surface area contributed by atoms with Crippen molar-refractivity contribution in [1.29, 1.82) is 0 Å². The first-order chi connectivity index (χ1) is 12.7. The molecule has 0 atom stereocenters. The standard InChI is InChI=1S/C20H22N4OS/c1-25-16-4-2-3-15(8-16)17-23-24-18(21-22-19(24)26-17)20-9-12-5-13(10-20)7-14(6-12)11-20/h2-4,8,12-14H,5-7,9-11H2,1H3. The van der Waals surface area contributed by atoms with Gasteiger partial charge in [0.1, 0.15) is 10.8 Å². The van der Waals surface area contributed by atoms with E-state index in [-0.39, 0.29) is 5.41 Å². The molecule has 134 valence electrons. The van der Waals surface area contributed by atoms with E-state index in [0.717, 1.165) is 44.9 Å². The molecule has 2 aromatic heterocycles. The molecular weight excluding hydrogens is 344 g/mol. The molecule has 0 spiro atoms. The molecule has 6 heteroatoms. The van der Waals surface area contributed by atoms with Gasteiger partial charge in [0.15, 0.2) is 5.82 Å². The third kappa shape index (κ3) is 2.11. The molecule has 0 amide bonds. The molecule has 4 saturated carbocycles. The maximum Gasteiger partial charge on any atom is 0.235 e. The predicted octanol–water partition coefficient (Wildman–Crippen LogP) is 4.33. The van der Waals surface area contributed by atoms with Crippen molar-refractivity contribution < 1.29 is 4.74 Å². The Morgan fingerprint density at radius 2 is 1.81 bits per heavy atom. The minimum atomic E-state index is 0.216. The number of benzene rings is 1. The largest absolute Gasteiger partial charge is 0.497 e. The van der Waals surface area contributed by atoms with Gasteiger partial charge >= 0.3 is 0 Å². The maximum atomic E-state index is 5.36. The lowest BCUT2D eigenvalue weighted by Gasteiger charge is -2.55. The lowest BCUT2D eigenvalue weighted by molar-refractivity contribution is -0.0103. The molecule has 26 heavy (non-hydrogen) atoms. The minimum absolute atomic E-state index is 0.216. The Hall–Kier alpha value is -1.95. The number of rotatable bonds is 3. The Balaban J connectivity index is 1.44. The quantitative estimate of drug-likeness (QED) is 0.692. The SMILES string of the molecule is COc1cccc(-c2nn3c(C45CC6CC(CC(C6)C4)C5)nnc3s2)c1. The first-order valence-corrected chi connectivity index (χ1v) is 10.4. The summed E-state index contributed by atoms with van der Waals surface area (Å²) in [4.78, 5) is 0.911. The van der Waals surface area contributed by atoms with Crippen molar-refractivity contribution in [3.63, 3.8) is 0 Å². The molecule has 4 fully saturated rings. The van der Waals surface area contributed by atoms with Crippen LogP contribution in [0.2, 0.25) is 0 Å². The van der Waals surface area contributed by atoms with Gasteiger partial charge in [0, 0.05) is 11.0 Å². The van der Waals surface area contributed by atoms with Gasteiger partial charge in [-0.05, 0) is 68.4 Å². The van der Waals surface area contributed by atoms with E-state index in [4.69, 9.17) is 9.84 Å². The first-order valence-electron chi connectivity index (χ1n) is 9.59. The fourth-order valence-corrected chi connectivity index (χ4v) is 7.04. The Morgan fingerprint density at radius 1 is 1.08 bits per heavy atom. The number of hydrogen-bond acceptors (Lipinski definition) is 5. The molecule has 5 nitrogen and oxygen atoms in total. The molecule has 0 unspecified atom stereocenters. The molecule has 0 saturated heterocycles. The summed E-state index contributed by atoms with van der Waals surface area (Å²) >= 11 is 1.62. The van der Waals surface area contributed by atoms with Crippen molar-refractivity contribution in [1.82, 2.24) is 19.8 Å². The van der Waals surface area contributed by atoms with E-state index in [0.29, 0.717) is 0 Å². The summed E-state index contributed by atoms with van der Waals surface area (Å²) in [5, 5.41) is 15.1. The zero-order chi connectivity index (χ0) is 17.3. The molecule has 0 radical (unpaired) electrons. The summed E-state index contributed by atoms with van der Waals surface area (Å²) in [5.74, 6) is 4.66. The van der Waals surface area contributed by atoms with E-state index >= 15 is 0 Å². The molecule has 0 aliphatic heterocycles. The average Bonchev–Trinajstić information content (AvgIpc) is 3.21. The highest BCUT2D eigenvalue weighted by Crippen LogP contribution is 2.60. The third-order valence-corrected chi connectivity index (χ3v) is 7.77. The van der Waals surface area contributed by atoms with Crippen LogP contribution in [0.15, 0.2) is 24.3 Å². The van der Waals surface area contributed by atoms with Crippen LogP contribution in [-0.4, -0.2) is 26.9 Å². The summed E-state index contributed by atoms with van der Waals surface area (Å²) in [6.45, 7) is 0. The number of fused-ring (bicyclic) bond motifs is 1. The van der Waals surface area contributed by atoms with Gasteiger partial charge in [0.25, 0.3) is 0 Å². The van der Waals surface area contributed by atoms with Crippen molar-refractivity contribution in [2.24, 2.45) is 17.8 Å². The van der Waals surface area contributed by atoms with Crippen LogP contribution < -0.4 is 4.74 Å². The van der Waals surface area contributed by atoms with Gasteiger partial charge < -0.3 is 4.74 Å². The summed E-state index contributed by atoms with van der Waals surface area (Å²) in [6.07, 6.45) is 8.16. The summed E-state index contributed by atoms with van der Waals surface area (Å²) < 4.78 is 7.41. The highest BCUT2D eigenvalue weighted by atomic mass is 32.1. The van der Waals surface area contributed by atoms with Gasteiger partial charge in [0.05, 0.1) is 7.11 Å². The molecule has 4 aliphatic rings. The van der Waals surface area contributed by atoms with Gasteiger partial charge in [-0.15, -0.1) is 10.2 Å². The van der Waals surface area contributed by atoms with Crippen LogP contribution >= 0.6 is 11.3 Å². The highest BCUT2D eigenvalue weighted by Gasteiger charge is 2.54.